The summed E-state index contributed by atoms with van der Waals surface area (Å²) in [5.41, 5.74) is 2.57. The van der Waals surface area contributed by atoms with E-state index in [0.29, 0.717) is 6.04 Å². The molecule has 1 unspecified atom stereocenters. The third kappa shape index (κ3) is 5.02. The van der Waals surface area contributed by atoms with Gasteiger partial charge in [0.15, 0.2) is 0 Å². The molecule has 0 fully saturated rings. The van der Waals surface area contributed by atoms with Crippen LogP contribution in [0.15, 0.2) is 47.5 Å². The molecule has 0 aliphatic heterocycles. The Hall–Kier alpha value is -1.26. The van der Waals surface area contributed by atoms with Gasteiger partial charge in [-0.1, -0.05) is 6.92 Å². The molecule has 0 saturated carbocycles. The topological polar surface area (TPSA) is 37.8 Å². The van der Waals surface area contributed by atoms with Crippen molar-refractivity contribution in [3.63, 3.8) is 0 Å². The van der Waals surface area contributed by atoms with Gasteiger partial charge in [-0.05, 0) is 71.1 Å². The van der Waals surface area contributed by atoms with Crippen LogP contribution in [0.4, 0.5) is 0 Å². The number of pyridine rings is 2. The lowest BCUT2D eigenvalue weighted by molar-refractivity contribution is 0.504. The van der Waals surface area contributed by atoms with Crippen LogP contribution in [0.3, 0.4) is 0 Å². The van der Waals surface area contributed by atoms with E-state index in [1.807, 2.05) is 24.8 Å². The largest absolute Gasteiger partial charge is 0.313 e. The lowest BCUT2D eigenvalue weighted by Gasteiger charge is -2.18. The van der Waals surface area contributed by atoms with Gasteiger partial charge in [-0.25, -0.2) is 0 Å². The lowest BCUT2D eigenvalue weighted by atomic mass is 10.0. The predicted octanol–water partition coefficient (Wildman–Crippen LogP) is 3.39. The van der Waals surface area contributed by atoms with Crippen LogP contribution in [0.1, 0.15) is 24.5 Å². The SMILES string of the molecule is CCCNC(Cc1ccncc1)Cc1cncc(Br)c1. The second-order valence-corrected chi connectivity index (χ2v) is 5.84. The third-order valence-electron chi connectivity index (χ3n) is 3.16. The molecular weight excluding hydrogens is 314 g/mol. The quantitative estimate of drug-likeness (QED) is 0.843. The minimum atomic E-state index is 0.424. The number of nitrogens with one attached hydrogen (secondary N) is 1. The van der Waals surface area contributed by atoms with Gasteiger partial charge in [-0.3, -0.25) is 9.97 Å². The normalized spacial score (nSPS) is 12.3. The molecule has 0 aliphatic carbocycles. The minimum absolute atomic E-state index is 0.424. The fraction of sp³-hybridized carbons (Fsp3) is 0.375. The van der Waals surface area contributed by atoms with E-state index in [2.05, 4.69) is 56.3 Å². The summed E-state index contributed by atoms with van der Waals surface area (Å²) in [4.78, 5) is 8.31. The van der Waals surface area contributed by atoms with Crippen LogP contribution >= 0.6 is 15.9 Å². The average Bonchev–Trinajstić information content (AvgIpc) is 2.46. The summed E-state index contributed by atoms with van der Waals surface area (Å²) in [6, 6.07) is 6.73. The zero-order chi connectivity index (χ0) is 14.2. The Labute approximate surface area is 129 Å². The maximum atomic E-state index is 4.24. The van der Waals surface area contributed by atoms with Crippen molar-refractivity contribution in [1.29, 1.82) is 0 Å². The van der Waals surface area contributed by atoms with Gasteiger partial charge in [-0.15, -0.1) is 0 Å². The summed E-state index contributed by atoms with van der Waals surface area (Å²) < 4.78 is 1.04. The zero-order valence-corrected chi connectivity index (χ0v) is 13.3. The van der Waals surface area contributed by atoms with Crippen molar-refractivity contribution in [2.24, 2.45) is 0 Å². The summed E-state index contributed by atoms with van der Waals surface area (Å²) in [5.74, 6) is 0. The maximum absolute atomic E-state index is 4.24. The molecule has 20 heavy (non-hydrogen) atoms. The number of aromatic nitrogens is 2. The van der Waals surface area contributed by atoms with Gasteiger partial charge >= 0.3 is 0 Å². The first kappa shape index (κ1) is 15.1. The molecule has 106 valence electrons. The van der Waals surface area contributed by atoms with E-state index in [1.54, 1.807) is 0 Å². The Morgan fingerprint density at radius 3 is 2.55 bits per heavy atom. The minimum Gasteiger partial charge on any atom is -0.313 e. The first-order chi connectivity index (χ1) is 9.78. The average molecular weight is 334 g/mol. The van der Waals surface area contributed by atoms with Gasteiger partial charge in [0.25, 0.3) is 0 Å². The van der Waals surface area contributed by atoms with Gasteiger partial charge in [-0.2, -0.15) is 0 Å². The monoisotopic (exact) mass is 333 g/mol. The van der Waals surface area contributed by atoms with Crippen LogP contribution in [0.2, 0.25) is 0 Å². The van der Waals surface area contributed by atoms with Crippen LogP contribution in [-0.2, 0) is 12.8 Å². The van der Waals surface area contributed by atoms with E-state index in [-0.39, 0.29) is 0 Å². The molecule has 2 aromatic heterocycles. The fourth-order valence-electron chi connectivity index (χ4n) is 2.22. The van der Waals surface area contributed by atoms with Gasteiger partial charge in [0.2, 0.25) is 0 Å². The Morgan fingerprint density at radius 2 is 1.85 bits per heavy atom. The summed E-state index contributed by atoms with van der Waals surface area (Å²) in [6.45, 7) is 3.23. The number of halogens is 1. The van der Waals surface area contributed by atoms with Gasteiger partial charge in [0.1, 0.15) is 0 Å². The van der Waals surface area contributed by atoms with Crippen molar-refractivity contribution in [2.75, 3.05) is 6.54 Å². The van der Waals surface area contributed by atoms with Crippen molar-refractivity contribution >= 4 is 15.9 Å². The van der Waals surface area contributed by atoms with Gasteiger partial charge in [0, 0.05) is 35.3 Å². The highest BCUT2D eigenvalue weighted by molar-refractivity contribution is 9.10. The Kier molecular flexibility index (Phi) is 6.15. The summed E-state index contributed by atoms with van der Waals surface area (Å²) in [6.07, 6.45) is 10.6. The standard InChI is InChI=1S/C16H20BrN3/c1-2-5-20-16(9-13-3-6-18-7-4-13)10-14-8-15(17)12-19-11-14/h3-4,6-8,11-12,16,20H,2,5,9-10H2,1H3. The molecule has 3 nitrogen and oxygen atoms in total. The Bertz CT molecular complexity index is 516. The molecule has 0 radical (unpaired) electrons. The molecule has 0 saturated heterocycles. The molecular formula is C16H20BrN3. The second kappa shape index (κ2) is 8.12. The molecule has 0 aromatic carbocycles. The highest BCUT2D eigenvalue weighted by atomic mass is 79.9. The van der Waals surface area contributed by atoms with Crippen molar-refractivity contribution in [1.82, 2.24) is 15.3 Å². The summed E-state index contributed by atoms with van der Waals surface area (Å²) in [7, 11) is 0. The number of hydrogen-bond donors (Lipinski definition) is 1. The Balaban J connectivity index is 2.03. The first-order valence-electron chi connectivity index (χ1n) is 6.99. The number of nitrogens with zero attached hydrogens (tertiary/aromatic N) is 2. The van der Waals surface area contributed by atoms with E-state index < -0.39 is 0 Å². The van der Waals surface area contributed by atoms with E-state index in [4.69, 9.17) is 0 Å². The smallest absolute Gasteiger partial charge is 0.0410 e. The fourth-order valence-corrected chi connectivity index (χ4v) is 2.63. The predicted molar refractivity (Wildman–Crippen MR) is 85.7 cm³/mol. The lowest BCUT2D eigenvalue weighted by Crippen LogP contribution is -2.33. The molecule has 0 bridgehead atoms. The molecule has 0 aliphatic rings. The van der Waals surface area contributed by atoms with Gasteiger partial charge < -0.3 is 5.32 Å². The van der Waals surface area contributed by atoms with Crippen LogP contribution in [0, 0.1) is 0 Å². The zero-order valence-electron chi connectivity index (χ0n) is 11.7. The molecule has 0 amide bonds. The molecule has 2 aromatic rings. The van der Waals surface area contributed by atoms with Crippen LogP contribution < -0.4 is 5.32 Å². The van der Waals surface area contributed by atoms with Crippen LogP contribution in [0.25, 0.3) is 0 Å². The van der Waals surface area contributed by atoms with Crippen molar-refractivity contribution < 1.29 is 0 Å². The first-order valence-corrected chi connectivity index (χ1v) is 7.79. The molecule has 1 atom stereocenters. The molecule has 2 heterocycles. The highest BCUT2D eigenvalue weighted by Gasteiger charge is 2.10. The molecule has 1 N–H and O–H groups in total. The Morgan fingerprint density at radius 1 is 1.10 bits per heavy atom. The highest BCUT2D eigenvalue weighted by Crippen LogP contribution is 2.13. The third-order valence-corrected chi connectivity index (χ3v) is 3.59. The molecule has 0 spiro atoms. The molecule has 4 heteroatoms. The second-order valence-electron chi connectivity index (χ2n) is 4.93. The van der Waals surface area contributed by atoms with Gasteiger partial charge in [0.05, 0.1) is 0 Å². The van der Waals surface area contributed by atoms with Crippen LogP contribution in [-0.4, -0.2) is 22.6 Å². The van der Waals surface area contributed by atoms with Crippen molar-refractivity contribution in [3.05, 3.63) is 58.6 Å². The van der Waals surface area contributed by atoms with Crippen LogP contribution in [0.5, 0.6) is 0 Å². The summed E-state index contributed by atoms with van der Waals surface area (Å²) >= 11 is 3.48. The number of hydrogen-bond acceptors (Lipinski definition) is 3. The number of rotatable bonds is 7. The van der Waals surface area contributed by atoms with E-state index in [1.165, 1.54) is 11.1 Å². The van der Waals surface area contributed by atoms with Crippen molar-refractivity contribution in [2.45, 2.75) is 32.2 Å². The van der Waals surface area contributed by atoms with E-state index in [9.17, 15) is 0 Å². The molecule has 2 rings (SSSR count). The van der Waals surface area contributed by atoms with E-state index in [0.717, 1.165) is 30.3 Å². The maximum Gasteiger partial charge on any atom is 0.0410 e. The van der Waals surface area contributed by atoms with E-state index >= 15 is 0 Å². The summed E-state index contributed by atoms with van der Waals surface area (Å²) in [5, 5.41) is 3.62. The van der Waals surface area contributed by atoms with Crippen molar-refractivity contribution in [3.8, 4) is 0 Å².